The average molecular weight is 228 g/mol. The molecule has 0 N–H and O–H groups in total. The lowest BCUT2D eigenvalue weighted by Gasteiger charge is -2.06. The summed E-state index contributed by atoms with van der Waals surface area (Å²) >= 11 is 5.90. The van der Waals surface area contributed by atoms with Crippen molar-refractivity contribution in [2.24, 2.45) is 0 Å². The molecule has 15 heavy (non-hydrogen) atoms. The first-order valence-corrected chi connectivity index (χ1v) is 4.81. The van der Waals surface area contributed by atoms with Crippen LogP contribution in [0.5, 0.6) is 0 Å². The van der Waals surface area contributed by atoms with Gasteiger partial charge >= 0.3 is 0 Å². The van der Waals surface area contributed by atoms with Gasteiger partial charge < -0.3 is 0 Å². The summed E-state index contributed by atoms with van der Waals surface area (Å²) in [5.74, 6) is 0. The van der Waals surface area contributed by atoms with Crippen LogP contribution in [0.25, 0.3) is 10.9 Å². The Balaban J connectivity index is 2.80. The van der Waals surface area contributed by atoms with Gasteiger partial charge in [-0.05, 0) is 18.6 Å². The molecule has 0 radical (unpaired) electrons. The number of hydrogen-bond donors (Lipinski definition) is 0. The van der Waals surface area contributed by atoms with Crippen LogP contribution in [0, 0.1) is 6.92 Å². The predicted octanol–water partition coefficient (Wildman–Crippen LogP) is 4.13. The van der Waals surface area contributed by atoms with E-state index in [0.29, 0.717) is 15.9 Å². The van der Waals surface area contributed by atoms with E-state index in [1.165, 1.54) is 6.07 Å². The van der Waals surface area contributed by atoms with Crippen molar-refractivity contribution in [3.63, 3.8) is 0 Å². The number of aromatic nitrogens is 1. The Morgan fingerprint density at radius 2 is 2.07 bits per heavy atom. The Bertz CT molecular complexity index is 511. The first-order valence-electron chi connectivity index (χ1n) is 4.43. The maximum Gasteiger partial charge on any atom is 0.280 e. The van der Waals surface area contributed by atoms with E-state index < -0.39 is 6.43 Å². The fraction of sp³-hybridized carbons (Fsp3) is 0.182. The first-order chi connectivity index (χ1) is 7.09. The third-order valence-electron chi connectivity index (χ3n) is 2.23. The van der Waals surface area contributed by atoms with Gasteiger partial charge in [-0.25, -0.2) is 13.8 Å². The van der Waals surface area contributed by atoms with Gasteiger partial charge in [0.2, 0.25) is 0 Å². The smallest absolute Gasteiger partial charge is 0.246 e. The van der Waals surface area contributed by atoms with Gasteiger partial charge in [-0.15, -0.1) is 0 Å². The first kappa shape index (κ1) is 10.3. The molecule has 0 amide bonds. The van der Waals surface area contributed by atoms with Gasteiger partial charge in [-0.3, -0.25) is 0 Å². The average Bonchev–Trinajstić information content (AvgIpc) is 2.19. The number of alkyl halides is 2. The zero-order valence-electron chi connectivity index (χ0n) is 7.97. The molecule has 1 aromatic carbocycles. The number of rotatable bonds is 1. The molecule has 1 aromatic heterocycles. The van der Waals surface area contributed by atoms with Crippen LogP contribution < -0.4 is 0 Å². The summed E-state index contributed by atoms with van der Waals surface area (Å²) in [4.78, 5) is 3.90. The summed E-state index contributed by atoms with van der Waals surface area (Å²) in [6.45, 7) is 1.82. The molecule has 0 bridgehead atoms. The predicted molar refractivity (Wildman–Crippen MR) is 56.4 cm³/mol. The highest BCUT2D eigenvalue weighted by Crippen LogP contribution is 2.28. The van der Waals surface area contributed by atoms with E-state index in [1.54, 1.807) is 6.07 Å². The normalized spacial score (nSPS) is 11.3. The maximum absolute atomic E-state index is 12.5. The number of fused-ring (bicyclic) bond motifs is 1. The van der Waals surface area contributed by atoms with Gasteiger partial charge in [0.05, 0.1) is 10.5 Å². The lowest BCUT2D eigenvalue weighted by molar-refractivity contribution is 0.146. The molecule has 78 valence electrons. The zero-order chi connectivity index (χ0) is 11.0. The summed E-state index contributed by atoms with van der Waals surface area (Å²) in [7, 11) is 0. The summed E-state index contributed by atoms with van der Waals surface area (Å²) < 4.78 is 25.0. The monoisotopic (exact) mass is 227 g/mol. The van der Waals surface area contributed by atoms with Crippen LogP contribution in [-0.2, 0) is 0 Å². The lowest BCUT2D eigenvalue weighted by atomic mass is 10.1. The number of aryl methyl sites for hydroxylation is 1. The largest absolute Gasteiger partial charge is 0.280 e. The Morgan fingerprint density at radius 3 is 2.73 bits per heavy atom. The minimum absolute atomic E-state index is 0.276. The van der Waals surface area contributed by atoms with Crippen molar-refractivity contribution in [1.29, 1.82) is 0 Å². The van der Waals surface area contributed by atoms with E-state index in [0.717, 1.165) is 5.56 Å². The molecular weight excluding hydrogens is 220 g/mol. The number of benzene rings is 1. The molecule has 2 rings (SSSR count). The van der Waals surface area contributed by atoms with E-state index in [2.05, 4.69) is 4.98 Å². The van der Waals surface area contributed by atoms with E-state index in [9.17, 15) is 8.78 Å². The molecule has 0 aliphatic carbocycles. The highest BCUT2D eigenvalue weighted by atomic mass is 35.5. The van der Waals surface area contributed by atoms with Crippen molar-refractivity contribution >= 4 is 22.5 Å². The molecule has 2 aromatic rings. The van der Waals surface area contributed by atoms with Crippen LogP contribution in [0.4, 0.5) is 8.78 Å². The second-order valence-corrected chi connectivity index (χ2v) is 3.71. The van der Waals surface area contributed by atoms with Gasteiger partial charge in [0, 0.05) is 5.39 Å². The number of halogens is 3. The summed E-state index contributed by atoms with van der Waals surface area (Å²) in [5.41, 5.74) is 1.11. The molecule has 1 heterocycles. The van der Waals surface area contributed by atoms with Crippen LogP contribution in [0.2, 0.25) is 5.02 Å². The van der Waals surface area contributed by atoms with Crippen LogP contribution in [0.15, 0.2) is 24.3 Å². The number of para-hydroxylation sites is 1. The number of pyridine rings is 1. The third-order valence-corrected chi connectivity index (χ3v) is 2.55. The lowest BCUT2D eigenvalue weighted by Crippen LogP contribution is -1.93. The van der Waals surface area contributed by atoms with Crippen LogP contribution in [0.3, 0.4) is 0 Å². The molecule has 0 spiro atoms. The summed E-state index contributed by atoms with van der Waals surface area (Å²) in [6, 6.07) is 6.63. The topological polar surface area (TPSA) is 12.9 Å². The van der Waals surface area contributed by atoms with Crippen molar-refractivity contribution in [2.75, 3.05) is 0 Å². The molecule has 0 saturated heterocycles. The van der Waals surface area contributed by atoms with Crippen molar-refractivity contribution < 1.29 is 8.78 Å². The molecule has 0 fully saturated rings. The van der Waals surface area contributed by atoms with E-state index >= 15 is 0 Å². The van der Waals surface area contributed by atoms with Crippen LogP contribution in [-0.4, -0.2) is 4.98 Å². The molecule has 0 aliphatic heterocycles. The SMILES string of the molecule is Cc1cccc2c(Cl)cc(C(F)F)nc12. The van der Waals surface area contributed by atoms with E-state index in [-0.39, 0.29) is 5.69 Å². The van der Waals surface area contributed by atoms with Crippen LogP contribution in [0.1, 0.15) is 17.7 Å². The minimum atomic E-state index is -2.59. The standard InChI is InChI=1S/C11H8ClF2N/c1-6-3-2-4-7-8(12)5-9(11(13)14)15-10(6)7/h2-5,11H,1H3. The fourth-order valence-electron chi connectivity index (χ4n) is 1.48. The van der Waals surface area contributed by atoms with Gasteiger partial charge in [0.1, 0.15) is 5.69 Å². The second-order valence-electron chi connectivity index (χ2n) is 3.30. The Morgan fingerprint density at radius 1 is 1.33 bits per heavy atom. The second kappa shape index (κ2) is 3.74. The third kappa shape index (κ3) is 1.79. The van der Waals surface area contributed by atoms with Crippen molar-refractivity contribution in [1.82, 2.24) is 4.98 Å². The summed E-state index contributed by atoms with van der Waals surface area (Å²) in [5, 5.41) is 1.03. The number of nitrogens with zero attached hydrogens (tertiary/aromatic N) is 1. The van der Waals surface area contributed by atoms with Gasteiger partial charge in [-0.2, -0.15) is 0 Å². The van der Waals surface area contributed by atoms with E-state index in [4.69, 9.17) is 11.6 Å². The maximum atomic E-state index is 12.5. The number of hydrogen-bond acceptors (Lipinski definition) is 1. The minimum Gasteiger partial charge on any atom is -0.246 e. The molecule has 4 heteroatoms. The van der Waals surface area contributed by atoms with Gasteiger partial charge in [0.15, 0.2) is 0 Å². The van der Waals surface area contributed by atoms with Crippen LogP contribution >= 0.6 is 11.6 Å². The highest BCUT2D eigenvalue weighted by molar-refractivity contribution is 6.35. The quantitative estimate of drug-likeness (QED) is 0.714. The fourth-order valence-corrected chi connectivity index (χ4v) is 1.75. The molecule has 0 aliphatic rings. The molecule has 0 atom stereocenters. The Hall–Kier alpha value is -1.22. The molecule has 1 nitrogen and oxygen atoms in total. The molecule has 0 unspecified atom stereocenters. The zero-order valence-corrected chi connectivity index (χ0v) is 8.72. The van der Waals surface area contributed by atoms with Crippen molar-refractivity contribution in [3.05, 3.63) is 40.5 Å². The van der Waals surface area contributed by atoms with Gasteiger partial charge in [-0.1, -0.05) is 29.8 Å². The summed E-state index contributed by atoms with van der Waals surface area (Å²) in [6.07, 6.45) is -2.59. The van der Waals surface area contributed by atoms with Crippen molar-refractivity contribution in [3.8, 4) is 0 Å². The molecule has 0 saturated carbocycles. The molecular formula is C11H8ClF2N. The Kier molecular flexibility index (Phi) is 2.57. The Labute approximate surface area is 90.7 Å². The van der Waals surface area contributed by atoms with E-state index in [1.807, 2.05) is 19.1 Å². The van der Waals surface area contributed by atoms with Gasteiger partial charge in [0.25, 0.3) is 6.43 Å². The highest BCUT2D eigenvalue weighted by Gasteiger charge is 2.12. The van der Waals surface area contributed by atoms with Crippen molar-refractivity contribution in [2.45, 2.75) is 13.3 Å².